The van der Waals surface area contributed by atoms with Crippen molar-refractivity contribution in [3.63, 3.8) is 0 Å². The first-order valence-corrected chi connectivity index (χ1v) is 8.18. The van der Waals surface area contributed by atoms with Crippen LogP contribution in [0, 0.1) is 9.39 Å². The molecule has 2 aliphatic rings. The smallest absolute Gasteiger partial charge is 0.124 e. The molecule has 2 heterocycles. The summed E-state index contributed by atoms with van der Waals surface area (Å²) in [6.07, 6.45) is 3.96. The number of hydrogen-bond acceptors (Lipinski definition) is 3. The summed E-state index contributed by atoms with van der Waals surface area (Å²) < 4.78 is 25.6. The summed E-state index contributed by atoms with van der Waals surface area (Å²) >= 11 is 2.17. The molecule has 0 bridgehead atoms. The van der Waals surface area contributed by atoms with Gasteiger partial charge in [-0.3, -0.25) is 0 Å². The molecular weight excluding hydrogens is 372 g/mol. The molecule has 3 rings (SSSR count). The Bertz CT molecular complexity index is 471. The molecule has 2 aliphatic heterocycles. The Balaban J connectivity index is 1.68. The second-order valence-electron chi connectivity index (χ2n) is 5.60. The van der Waals surface area contributed by atoms with Crippen molar-refractivity contribution >= 4 is 28.3 Å². The second-order valence-corrected chi connectivity index (χ2v) is 6.76. The molecule has 0 aromatic heterocycles. The van der Waals surface area contributed by atoms with Crippen LogP contribution in [0.5, 0.6) is 0 Å². The molecule has 0 amide bonds. The highest BCUT2D eigenvalue weighted by Gasteiger charge is 2.39. The van der Waals surface area contributed by atoms with E-state index in [1.807, 2.05) is 6.07 Å². The highest BCUT2D eigenvalue weighted by molar-refractivity contribution is 14.1. The molecular formula is C15H19FINO2. The summed E-state index contributed by atoms with van der Waals surface area (Å²) in [5, 5.41) is 3.55. The summed E-state index contributed by atoms with van der Waals surface area (Å²) in [5.41, 5.74) is 1.00. The topological polar surface area (TPSA) is 30.5 Å². The Labute approximate surface area is 132 Å². The zero-order chi connectivity index (χ0) is 14.0. The van der Waals surface area contributed by atoms with E-state index in [9.17, 15) is 4.39 Å². The molecule has 0 saturated carbocycles. The zero-order valence-corrected chi connectivity index (χ0v) is 13.5. The number of anilines is 1. The van der Waals surface area contributed by atoms with Gasteiger partial charge in [-0.1, -0.05) is 0 Å². The van der Waals surface area contributed by atoms with Crippen LogP contribution in [0.25, 0.3) is 0 Å². The van der Waals surface area contributed by atoms with Gasteiger partial charge in [0.15, 0.2) is 0 Å². The Morgan fingerprint density at radius 2 is 2.05 bits per heavy atom. The van der Waals surface area contributed by atoms with E-state index in [1.165, 1.54) is 6.07 Å². The van der Waals surface area contributed by atoms with E-state index in [4.69, 9.17) is 9.47 Å². The number of halogens is 2. The van der Waals surface area contributed by atoms with Crippen LogP contribution in [0.15, 0.2) is 18.2 Å². The predicted octanol–water partition coefficient (Wildman–Crippen LogP) is 3.57. The predicted molar refractivity (Wildman–Crippen MR) is 84.5 cm³/mol. The normalized spacial score (nSPS) is 25.6. The van der Waals surface area contributed by atoms with Crippen LogP contribution in [0.4, 0.5) is 10.1 Å². The lowest BCUT2D eigenvalue weighted by molar-refractivity contribution is -0.135. The van der Waals surface area contributed by atoms with Crippen molar-refractivity contribution in [1.29, 1.82) is 0 Å². The minimum absolute atomic E-state index is 0.0143. The number of hydrogen-bond donors (Lipinski definition) is 1. The largest absolute Gasteiger partial charge is 0.381 e. The van der Waals surface area contributed by atoms with Crippen LogP contribution in [0.2, 0.25) is 0 Å². The van der Waals surface area contributed by atoms with Crippen molar-refractivity contribution in [1.82, 2.24) is 0 Å². The lowest BCUT2D eigenvalue weighted by atomic mass is 9.84. The van der Waals surface area contributed by atoms with Gasteiger partial charge in [-0.25, -0.2) is 4.39 Å². The molecule has 1 aromatic carbocycles. The zero-order valence-electron chi connectivity index (χ0n) is 11.3. The van der Waals surface area contributed by atoms with Crippen LogP contribution >= 0.6 is 22.6 Å². The summed E-state index contributed by atoms with van der Waals surface area (Å²) in [6.45, 7) is 2.37. The van der Waals surface area contributed by atoms with E-state index < -0.39 is 0 Å². The van der Waals surface area contributed by atoms with Crippen molar-refractivity contribution in [2.45, 2.75) is 37.3 Å². The van der Waals surface area contributed by atoms with Crippen molar-refractivity contribution in [3.05, 3.63) is 27.6 Å². The van der Waals surface area contributed by atoms with Gasteiger partial charge in [0.25, 0.3) is 0 Å². The van der Waals surface area contributed by atoms with Crippen molar-refractivity contribution in [3.8, 4) is 0 Å². The summed E-state index contributed by atoms with van der Waals surface area (Å²) in [5.74, 6) is -0.187. The van der Waals surface area contributed by atoms with Gasteiger partial charge in [0, 0.05) is 35.1 Å². The molecule has 20 heavy (non-hydrogen) atoms. The molecule has 0 aliphatic carbocycles. The highest BCUT2D eigenvalue weighted by Crippen LogP contribution is 2.35. The quantitative estimate of drug-likeness (QED) is 0.783. The van der Waals surface area contributed by atoms with E-state index in [0.29, 0.717) is 6.04 Å². The summed E-state index contributed by atoms with van der Waals surface area (Å²) in [4.78, 5) is 0. The maximum Gasteiger partial charge on any atom is 0.124 e. The minimum Gasteiger partial charge on any atom is -0.381 e. The summed E-state index contributed by atoms with van der Waals surface area (Å²) in [7, 11) is 0. The van der Waals surface area contributed by atoms with E-state index >= 15 is 0 Å². The number of benzene rings is 1. The Kier molecular flexibility index (Phi) is 4.47. The lowest BCUT2D eigenvalue weighted by Crippen LogP contribution is -2.47. The molecule has 110 valence electrons. The number of nitrogens with one attached hydrogen (secondary N) is 1. The SMILES string of the molecule is Fc1ccc(NC2CCOC3(CCOCC3)C2)c(I)c1. The molecule has 1 unspecified atom stereocenters. The van der Waals surface area contributed by atoms with Crippen LogP contribution < -0.4 is 5.32 Å². The van der Waals surface area contributed by atoms with E-state index in [1.54, 1.807) is 6.07 Å². The van der Waals surface area contributed by atoms with Gasteiger partial charge in [-0.15, -0.1) is 0 Å². The molecule has 1 spiro atoms. The number of ether oxygens (including phenoxy) is 2. The van der Waals surface area contributed by atoms with Crippen LogP contribution in [-0.2, 0) is 9.47 Å². The van der Waals surface area contributed by atoms with E-state index in [0.717, 1.165) is 54.8 Å². The van der Waals surface area contributed by atoms with Crippen molar-refractivity contribution < 1.29 is 13.9 Å². The first-order valence-electron chi connectivity index (χ1n) is 7.10. The highest BCUT2D eigenvalue weighted by atomic mass is 127. The van der Waals surface area contributed by atoms with Crippen LogP contribution in [-0.4, -0.2) is 31.5 Å². The van der Waals surface area contributed by atoms with Gasteiger partial charge >= 0.3 is 0 Å². The summed E-state index contributed by atoms with van der Waals surface area (Å²) in [6, 6.07) is 5.28. The van der Waals surface area contributed by atoms with Gasteiger partial charge < -0.3 is 14.8 Å². The molecule has 5 heteroatoms. The van der Waals surface area contributed by atoms with Crippen LogP contribution in [0.1, 0.15) is 25.7 Å². The number of rotatable bonds is 2. The Hall–Kier alpha value is -0.400. The van der Waals surface area contributed by atoms with Crippen LogP contribution in [0.3, 0.4) is 0 Å². The fraction of sp³-hybridized carbons (Fsp3) is 0.600. The van der Waals surface area contributed by atoms with Gasteiger partial charge in [-0.2, -0.15) is 0 Å². The Morgan fingerprint density at radius 1 is 1.25 bits per heavy atom. The second kappa shape index (κ2) is 6.15. The molecule has 0 radical (unpaired) electrons. The fourth-order valence-electron chi connectivity index (χ4n) is 3.07. The third-order valence-electron chi connectivity index (χ3n) is 4.19. The standard InChI is InChI=1S/C15H19FINO2/c16-11-1-2-14(13(17)9-11)18-12-3-6-20-15(10-12)4-7-19-8-5-15/h1-2,9,12,18H,3-8,10H2. The third-order valence-corrected chi connectivity index (χ3v) is 5.08. The van der Waals surface area contributed by atoms with E-state index in [2.05, 4.69) is 27.9 Å². The molecule has 2 saturated heterocycles. The van der Waals surface area contributed by atoms with Gasteiger partial charge in [-0.05, 0) is 66.5 Å². The molecule has 3 nitrogen and oxygen atoms in total. The molecule has 1 atom stereocenters. The maximum atomic E-state index is 13.1. The van der Waals surface area contributed by atoms with Crippen molar-refractivity contribution in [2.24, 2.45) is 0 Å². The van der Waals surface area contributed by atoms with Gasteiger partial charge in [0.2, 0.25) is 0 Å². The maximum absolute atomic E-state index is 13.1. The minimum atomic E-state index is -0.187. The lowest BCUT2D eigenvalue weighted by Gasteiger charge is -2.43. The monoisotopic (exact) mass is 391 g/mol. The fourth-order valence-corrected chi connectivity index (χ4v) is 3.70. The molecule has 1 aromatic rings. The molecule has 1 N–H and O–H groups in total. The third kappa shape index (κ3) is 3.26. The van der Waals surface area contributed by atoms with Crippen molar-refractivity contribution in [2.75, 3.05) is 25.1 Å². The van der Waals surface area contributed by atoms with E-state index in [-0.39, 0.29) is 11.4 Å². The van der Waals surface area contributed by atoms with Gasteiger partial charge in [0.05, 0.1) is 5.60 Å². The average Bonchev–Trinajstić information content (AvgIpc) is 2.43. The first-order chi connectivity index (χ1) is 9.67. The van der Waals surface area contributed by atoms with Gasteiger partial charge in [0.1, 0.15) is 5.82 Å². The average molecular weight is 391 g/mol. The molecule has 2 fully saturated rings. The first kappa shape index (κ1) is 14.5. The Morgan fingerprint density at radius 3 is 2.80 bits per heavy atom.